The van der Waals surface area contributed by atoms with Gasteiger partial charge in [-0.3, -0.25) is 4.79 Å². The summed E-state index contributed by atoms with van der Waals surface area (Å²) in [5.74, 6) is 0.245. The van der Waals surface area contributed by atoms with Crippen LogP contribution in [0.3, 0.4) is 0 Å². The van der Waals surface area contributed by atoms with Crippen LogP contribution in [-0.2, 0) is 4.79 Å². The Labute approximate surface area is 123 Å². The second kappa shape index (κ2) is 5.34. The first kappa shape index (κ1) is 14.7. The van der Waals surface area contributed by atoms with E-state index < -0.39 is 0 Å². The Morgan fingerprint density at radius 1 is 1.40 bits per heavy atom. The average Bonchev–Trinajstić information content (AvgIpc) is 2.34. The predicted octanol–water partition coefficient (Wildman–Crippen LogP) is 2.86. The van der Waals surface area contributed by atoms with E-state index in [1.165, 1.54) is 11.8 Å². The second-order valence-electron chi connectivity index (χ2n) is 5.98. The highest BCUT2D eigenvalue weighted by Crippen LogP contribution is 2.43. The van der Waals surface area contributed by atoms with Gasteiger partial charge in [-0.2, -0.15) is 10.5 Å². The van der Waals surface area contributed by atoms with Crippen molar-refractivity contribution in [1.82, 2.24) is 5.32 Å². The van der Waals surface area contributed by atoms with Gasteiger partial charge in [0.25, 0.3) is 0 Å². The zero-order valence-corrected chi connectivity index (χ0v) is 12.7. The van der Waals surface area contributed by atoms with E-state index >= 15 is 0 Å². The van der Waals surface area contributed by atoms with E-state index in [9.17, 15) is 10.1 Å². The van der Waals surface area contributed by atoms with E-state index in [4.69, 9.17) is 5.26 Å². The van der Waals surface area contributed by atoms with Crippen LogP contribution in [0.1, 0.15) is 33.6 Å². The van der Waals surface area contributed by atoms with Gasteiger partial charge >= 0.3 is 0 Å². The van der Waals surface area contributed by atoms with Gasteiger partial charge in [0.1, 0.15) is 0 Å². The lowest BCUT2D eigenvalue weighted by Crippen LogP contribution is -2.36. The van der Waals surface area contributed by atoms with Crippen molar-refractivity contribution in [2.75, 3.05) is 5.75 Å². The van der Waals surface area contributed by atoms with Crippen molar-refractivity contribution in [2.45, 2.75) is 33.6 Å². The monoisotopic (exact) mass is 287 g/mol. The number of hydrogen-bond donors (Lipinski definition) is 1. The van der Waals surface area contributed by atoms with Crippen LogP contribution in [0.2, 0.25) is 0 Å². The molecule has 20 heavy (non-hydrogen) atoms. The third-order valence-corrected chi connectivity index (χ3v) is 4.58. The molecule has 1 aliphatic carbocycles. The second-order valence-corrected chi connectivity index (χ2v) is 6.97. The van der Waals surface area contributed by atoms with E-state index in [0.29, 0.717) is 17.7 Å². The van der Waals surface area contributed by atoms with Gasteiger partial charge in [0.2, 0.25) is 0 Å². The number of carbonyl (C=O) groups excluding carboxylic acids is 1. The predicted molar refractivity (Wildman–Crippen MR) is 78.1 cm³/mol. The molecule has 0 unspecified atom stereocenters. The van der Waals surface area contributed by atoms with Crippen LogP contribution < -0.4 is 5.32 Å². The molecule has 2 rings (SSSR count). The SMILES string of the molecule is C[C@@H]1C(C#N)=C(SCC#N)NC2=C1C(=O)CC(C)(C)C2. The number of ketones is 1. The fraction of sp³-hybridized carbons (Fsp3) is 0.533. The molecule has 0 aromatic rings. The number of hydrogen-bond acceptors (Lipinski definition) is 5. The Hall–Kier alpha value is -1.72. The molecule has 1 N–H and O–H groups in total. The number of nitriles is 2. The summed E-state index contributed by atoms with van der Waals surface area (Å²) in [6.07, 6.45) is 1.32. The quantitative estimate of drug-likeness (QED) is 0.845. The van der Waals surface area contributed by atoms with Crippen molar-refractivity contribution in [1.29, 1.82) is 10.5 Å². The van der Waals surface area contributed by atoms with Crippen molar-refractivity contribution < 1.29 is 4.79 Å². The largest absolute Gasteiger partial charge is 0.352 e. The topological polar surface area (TPSA) is 76.7 Å². The standard InChI is InChI=1S/C15H17N3OS/c1-9-10(8-17)14(20-5-4-16)18-11-6-15(2,3)7-12(19)13(9)11/h9,18H,5-7H2,1-3H3/t9-/m1/s1. The molecule has 0 saturated heterocycles. The average molecular weight is 287 g/mol. The maximum atomic E-state index is 12.3. The summed E-state index contributed by atoms with van der Waals surface area (Å²) in [7, 11) is 0. The smallest absolute Gasteiger partial charge is 0.161 e. The molecule has 0 bridgehead atoms. The van der Waals surface area contributed by atoms with Crippen LogP contribution in [-0.4, -0.2) is 11.5 Å². The van der Waals surface area contributed by atoms with Crippen molar-refractivity contribution >= 4 is 17.5 Å². The molecule has 1 atom stereocenters. The molecule has 2 aliphatic rings. The molecule has 0 fully saturated rings. The van der Waals surface area contributed by atoms with Gasteiger partial charge in [-0.1, -0.05) is 32.5 Å². The van der Waals surface area contributed by atoms with Crippen molar-refractivity contribution in [3.8, 4) is 12.1 Å². The van der Waals surface area contributed by atoms with Crippen molar-refractivity contribution in [2.24, 2.45) is 11.3 Å². The zero-order chi connectivity index (χ0) is 14.9. The van der Waals surface area contributed by atoms with Gasteiger partial charge in [-0.05, 0) is 11.8 Å². The zero-order valence-electron chi connectivity index (χ0n) is 11.9. The lowest BCUT2D eigenvalue weighted by Gasteiger charge is -2.37. The minimum atomic E-state index is -0.180. The molecule has 1 aliphatic heterocycles. The van der Waals surface area contributed by atoms with Gasteiger partial charge in [-0.25, -0.2) is 0 Å². The Morgan fingerprint density at radius 2 is 2.10 bits per heavy atom. The van der Waals surface area contributed by atoms with Crippen molar-refractivity contribution in [3.63, 3.8) is 0 Å². The van der Waals surface area contributed by atoms with E-state index in [0.717, 1.165) is 22.7 Å². The highest BCUT2D eigenvalue weighted by molar-refractivity contribution is 8.03. The number of Topliss-reactive ketones (excluding diaryl/α,β-unsaturated/α-hetero) is 1. The number of nitrogens with one attached hydrogen (secondary N) is 1. The van der Waals surface area contributed by atoms with Gasteiger partial charge in [0, 0.05) is 23.6 Å². The van der Waals surface area contributed by atoms with Gasteiger partial charge in [0.05, 0.1) is 28.5 Å². The molecule has 104 valence electrons. The molecule has 0 spiro atoms. The summed E-state index contributed by atoms with van der Waals surface area (Å²) in [5, 5.41) is 22.0. The van der Waals surface area contributed by atoms with E-state index in [1.54, 1.807) is 0 Å². The highest BCUT2D eigenvalue weighted by Gasteiger charge is 2.39. The van der Waals surface area contributed by atoms with Gasteiger partial charge in [0.15, 0.2) is 5.78 Å². The first-order valence-electron chi connectivity index (χ1n) is 6.57. The lowest BCUT2D eigenvalue weighted by molar-refractivity contribution is -0.118. The molecule has 0 saturated carbocycles. The van der Waals surface area contributed by atoms with Gasteiger partial charge < -0.3 is 5.32 Å². The lowest BCUT2D eigenvalue weighted by atomic mass is 9.71. The van der Waals surface area contributed by atoms with Crippen LogP contribution >= 0.6 is 11.8 Å². The number of thioether (sulfide) groups is 1. The normalized spacial score (nSPS) is 24.6. The maximum absolute atomic E-state index is 12.3. The fourth-order valence-electron chi connectivity index (χ4n) is 2.86. The minimum absolute atomic E-state index is 0.0577. The summed E-state index contributed by atoms with van der Waals surface area (Å²) in [4.78, 5) is 12.3. The van der Waals surface area contributed by atoms with Crippen LogP contribution in [0.15, 0.2) is 21.9 Å². The van der Waals surface area contributed by atoms with E-state index in [2.05, 4.69) is 31.3 Å². The Morgan fingerprint density at radius 3 is 2.70 bits per heavy atom. The van der Waals surface area contributed by atoms with Crippen LogP contribution in [0.25, 0.3) is 0 Å². The third-order valence-electron chi connectivity index (χ3n) is 3.70. The molecule has 5 heteroatoms. The maximum Gasteiger partial charge on any atom is 0.161 e. The number of carbonyl (C=O) groups is 1. The van der Waals surface area contributed by atoms with E-state index in [-0.39, 0.29) is 17.1 Å². The summed E-state index contributed by atoms with van der Waals surface area (Å²) in [5.41, 5.74) is 2.19. The Kier molecular flexibility index (Phi) is 3.92. The Bertz CT molecular complexity index is 602. The summed E-state index contributed by atoms with van der Waals surface area (Å²) in [6, 6.07) is 4.26. The molecule has 4 nitrogen and oxygen atoms in total. The third kappa shape index (κ3) is 2.59. The number of rotatable bonds is 2. The molecule has 0 amide bonds. The van der Waals surface area contributed by atoms with Gasteiger partial charge in [-0.15, -0.1) is 0 Å². The highest BCUT2D eigenvalue weighted by atomic mass is 32.2. The number of allylic oxidation sites excluding steroid dienone is 3. The van der Waals surface area contributed by atoms with E-state index in [1.807, 2.05) is 6.92 Å². The molecule has 0 aromatic carbocycles. The first-order chi connectivity index (χ1) is 9.39. The first-order valence-corrected chi connectivity index (χ1v) is 7.55. The molecule has 0 radical (unpaired) electrons. The molecular formula is C15H17N3OS. The van der Waals surface area contributed by atoms with Crippen LogP contribution in [0, 0.1) is 34.0 Å². The van der Waals surface area contributed by atoms with Crippen LogP contribution in [0.4, 0.5) is 0 Å². The molecular weight excluding hydrogens is 270 g/mol. The Balaban J connectivity index is 2.39. The van der Waals surface area contributed by atoms with Crippen LogP contribution in [0.5, 0.6) is 0 Å². The summed E-state index contributed by atoms with van der Waals surface area (Å²) >= 11 is 1.33. The van der Waals surface area contributed by atoms with Crippen molar-refractivity contribution in [3.05, 3.63) is 21.9 Å². The fourth-order valence-corrected chi connectivity index (χ4v) is 3.64. The molecule has 0 aromatic heterocycles. The minimum Gasteiger partial charge on any atom is -0.352 e. The number of nitrogens with zero attached hydrogens (tertiary/aromatic N) is 2. The summed E-state index contributed by atoms with van der Waals surface area (Å²) < 4.78 is 0. The summed E-state index contributed by atoms with van der Waals surface area (Å²) in [6.45, 7) is 6.05. The number of dihydropyridines is 1. The molecule has 1 heterocycles.